The van der Waals surface area contributed by atoms with Gasteiger partial charge < -0.3 is 14.6 Å². The molecule has 4 rings (SSSR count). The molecule has 1 aromatic heterocycles. The number of fused-ring (bicyclic) bond motifs is 2. The number of hydrogen-bond donors (Lipinski definition) is 1. The second-order valence-electron chi connectivity index (χ2n) is 6.61. The number of amides is 2. The zero-order valence-corrected chi connectivity index (χ0v) is 14.8. The van der Waals surface area contributed by atoms with E-state index in [9.17, 15) is 14.4 Å². The molecule has 2 heterocycles. The normalized spacial score (nSPS) is 13.3. The third-order valence-corrected chi connectivity index (χ3v) is 4.81. The van der Waals surface area contributed by atoms with E-state index in [0.717, 1.165) is 17.5 Å². The molecule has 0 radical (unpaired) electrons. The molecule has 27 heavy (non-hydrogen) atoms. The van der Waals surface area contributed by atoms with Crippen LogP contribution in [0.5, 0.6) is 0 Å². The van der Waals surface area contributed by atoms with Crippen molar-refractivity contribution in [2.75, 3.05) is 11.9 Å². The third-order valence-electron chi connectivity index (χ3n) is 4.81. The van der Waals surface area contributed by atoms with Crippen LogP contribution >= 0.6 is 0 Å². The van der Waals surface area contributed by atoms with Gasteiger partial charge in [-0.3, -0.25) is 9.59 Å². The Morgan fingerprint density at radius 1 is 1.07 bits per heavy atom. The van der Waals surface area contributed by atoms with E-state index in [1.807, 2.05) is 24.3 Å². The molecule has 0 aliphatic carbocycles. The summed E-state index contributed by atoms with van der Waals surface area (Å²) >= 11 is 0. The number of carbonyl (C=O) groups excluding carboxylic acids is 2. The summed E-state index contributed by atoms with van der Waals surface area (Å²) in [5.41, 5.74) is 2.47. The Hall–Kier alpha value is -3.41. The summed E-state index contributed by atoms with van der Waals surface area (Å²) < 4.78 is 5.22. The van der Waals surface area contributed by atoms with Crippen molar-refractivity contribution in [1.29, 1.82) is 0 Å². The molecule has 0 spiro atoms. The first-order chi connectivity index (χ1) is 13.0. The van der Waals surface area contributed by atoms with Gasteiger partial charge >= 0.3 is 5.63 Å². The zero-order valence-electron chi connectivity index (χ0n) is 14.8. The van der Waals surface area contributed by atoms with E-state index < -0.39 is 11.5 Å². The van der Waals surface area contributed by atoms with Crippen molar-refractivity contribution in [3.8, 4) is 0 Å². The van der Waals surface area contributed by atoms with Gasteiger partial charge in [0.2, 0.25) is 5.91 Å². The number of nitrogens with one attached hydrogen (secondary N) is 1. The largest absolute Gasteiger partial charge is 0.422 e. The molecular weight excluding hydrogens is 344 g/mol. The highest BCUT2D eigenvalue weighted by Gasteiger charge is 2.19. The van der Waals surface area contributed by atoms with Crippen LogP contribution < -0.4 is 10.9 Å². The van der Waals surface area contributed by atoms with E-state index >= 15 is 0 Å². The van der Waals surface area contributed by atoms with Crippen LogP contribution in [-0.2, 0) is 17.8 Å². The number of carbonyl (C=O) groups is 2. The average molecular weight is 362 g/mol. The number of para-hydroxylation sites is 1. The number of nitrogens with zero attached hydrogens (tertiary/aromatic N) is 1. The van der Waals surface area contributed by atoms with E-state index in [-0.39, 0.29) is 11.5 Å². The second-order valence-corrected chi connectivity index (χ2v) is 6.61. The molecule has 6 nitrogen and oxygen atoms in total. The fourth-order valence-corrected chi connectivity index (χ4v) is 3.32. The molecule has 0 atom stereocenters. The minimum absolute atomic E-state index is 0.0314. The van der Waals surface area contributed by atoms with Crippen LogP contribution in [0, 0.1) is 0 Å². The van der Waals surface area contributed by atoms with Gasteiger partial charge in [0.1, 0.15) is 11.1 Å². The average Bonchev–Trinajstić information content (AvgIpc) is 2.66. The molecule has 0 saturated carbocycles. The maximum absolute atomic E-state index is 12.6. The first-order valence-corrected chi connectivity index (χ1v) is 8.73. The van der Waals surface area contributed by atoms with Gasteiger partial charge in [-0.25, -0.2) is 4.79 Å². The topological polar surface area (TPSA) is 79.6 Å². The van der Waals surface area contributed by atoms with Gasteiger partial charge in [-0.05, 0) is 41.8 Å². The summed E-state index contributed by atoms with van der Waals surface area (Å²) in [4.78, 5) is 38.1. The molecule has 2 amide bonds. The molecule has 0 saturated heterocycles. The van der Waals surface area contributed by atoms with Gasteiger partial charge in [-0.2, -0.15) is 0 Å². The van der Waals surface area contributed by atoms with Crippen LogP contribution in [0.25, 0.3) is 11.0 Å². The maximum Gasteiger partial charge on any atom is 0.349 e. The van der Waals surface area contributed by atoms with E-state index in [1.54, 1.807) is 30.0 Å². The van der Waals surface area contributed by atoms with Crippen LogP contribution in [0.1, 0.15) is 28.4 Å². The van der Waals surface area contributed by atoms with Crippen LogP contribution in [0.4, 0.5) is 5.69 Å². The molecular formula is C21H18N2O4. The molecule has 2 aromatic carbocycles. The number of hydrogen-bond acceptors (Lipinski definition) is 4. The van der Waals surface area contributed by atoms with Crippen LogP contribution in [0.3, 0.4) is 0 Å². The molecule has 3 aromatic rings. The van der Waals surface area contributed by atoms with Crippen molar-refractivity contribution in [2.24, 2.45) is 0 Å². The van der Waals surface area contributed by atoms with Crippen LogP contribution in [0.2, 0.25) is 0 Å². The molecule has 1 N–H and O–H groups in total. The van der Waals surface area contributed by atoms with Gasteiger partial charge in [0.25, 0.3) is 5.91 Å². The minimum Gasteiger partial charge on any atom is -0.422 e. The van der Waals surface area contributed by atoms with Gasteiger partial charge in [-0.1, -0.05) is 24.3 Å². The summed E-state index contributed by atoms with van der Waals surface area (Å²) in [6.45, 7) is 2.77. The Bertz CT molecular complexity index is 1120. The first kappa shape index (κ1) is 17.0. The van der Waals surface area contributed by atoms with Gasteiger partial charge in [0.05, 0.1) is 0 Å². The SMILES string of the molecule is CC(=O)N1CCc2ccc(NC(=O)c3cc4ccccc4oc3=O)cc2C1. The predicted molar refractivity (Wildman–Crippen MR) is 102 cm³/mol. The van der Waals surface area contributed by atoms with Crippen molar-refractivity contribution < 1.29 is 14.0 Å². The Balaban J connectivity index is 1.60. The zero-order chi connectivity index (χ0) is 19.0. The van der Waals surface area contributed by atoms with Crippen LogP contribution in [-0.4, -0.2) is 23.3 Å². The predicted octanol–water partition coefficient (Wildman–Crippen LogP) is 2.95. The molecule has 0 fully saturated rings. The third kappa shape index (κ3) is 3.33. The second kappa shape index (κ2) is 6.72. The lowest BCUT2D eigenvalue weighted by molar-refractivity contribution is -0.129. The molecule has 136 valence electrons. The molecule has 1 aliphatic heterocycles. The Morgan fingerprint density at radius 2 is 1.89 bits per heavy atom. The highest BCUT2D eigenvalue weighted by atomic mass is 16.4. The summed E-state index contributed by atoms with van der Waals surface area (Å²) in [6.07, 6.45) is 0.789. The highest BCUT2D eigenvalue weighted by molar-refractivity contribution is 6.05. The van der Waals surface area contributed by atoms with Gasteiger partial charge in [-0.15, -0.1) is 0 Å². The van der Waals surface area contributed by atoms with Crippen molar-refractivity contribution in [3.05, 3.63) is 75.6 Å². The van der Waals surface area contributed by atoms with Gasteiger partial charge in [0.15, 0.2) is 0 Å². The number of rotatable bonds is 2. The highest BCUT2D eigenvalue weighted by Crippen LogP contribution is 2.23. The summed E-state index contributed by atoms with van der Waals surface area (Å²) in [6, 6.07) is 14.2. The summed E-state index contributed by atoms with van der Waals surface area (Å²) in [5, 5.41) is 3.44. The molecule has 6 heteroatoms. The molecule has 0 bridgehead atoms. The van der Waals surface area contributed by atoms with Crippen molar-refractivity contribution in [1.82, 2.24) is 4.90 Å². The molecule has 0 unspecified atom stereocenters. The quantitative estimate of drug-likeness (QED) is 0.711. The van der Waals surface area contributed by atoms with Crippen molar-refractivity contribution >= 4 is 28.5 Å². The number of benzene rings is 2. The standard InChI is InChI=1S/C21H18N2O4/c1-13(24)23-9-8-14-6-7-17(10-16(14)12-23)22-20(25)18-11-15-4-2-3-5-19(15)27-21(18)26/h2-7,10-11H,8-9,12H2,1H3,(H,22,25). The lowest BCUT2D eigenvalue weighted by Gasteiger charge is -2.28. The van der Waals surface area contributed by atoms with Crippen molar-refractivity contribution in [2.45, 2.75) is 19.9 Å². The van der Waals surface area contributed by atoms with E-state index in [2.05, 4.69) is 5.32 Å². The summed E-state index contributed by atoms with van der Waals surface area (Å²) in [7, 11) is 0. The molecule has 1 aliphatic rings. The first-order valence-electron chi connectivity index (χ1n) is 8.73. The lowest BCUT2D eigenvalue weighted by atomic mass is 9.99. The lowest BCUT2D eigenvalue weighted by Crippen LogP contribution is -2.34. The monoisotopic (exact) mass is 362 g/mol. The van der Waals surface area contributed by atoms with Gasteiger partial charge in [0, 0.05) is 31.1 Å². The van der Waals surface area contributed by atoms with Crippen molar-refractivity contribution in [3.63, 3.8) is 0 Å². The van der Waals surface area contributed by atoms with E-state index in [4.69, 9.17) is 4.42 Å². The minimum atomic E-state index is -0.674. The number of anilines is 1. The van der Waals surface area contributed by atoms with E-state index in [0.29, 0.717) is 29.7 Å². The fourth-order valence-electron chi connectivity index (χ4n) is 3.32. The Morgan fingerprint density at radius 3 is 2.70 bits per heavy atom. The fraction of sp³-hybridized carbons (Fsp3) is 0.190. The Labute approximate surface area is 155 Å². The van der Waals surface area contributed by atoms with E-state index in [1.165, 1.54) is 6.07 Å². The van der Waals surface area contributed by atoms with Crippen LogP contribution in [0.15, 0.2) is 57.7 Å². The smallest absolute Gasteiger partial charge is 0.349 e. The maximum atomic E-state index is 12.6. The summed E-state index contributed by atoms with van der Waals surface area (Å²) in [5.74, 6) is -0.488. The Kier molecular flexibility index (Phi) is 4.24.